The Balaban J connectivity index is 1.98. The highest BCUT2D eigenvalue weighted by molar-refractivity contribution is 9.10. The van der Waals surface area contributed by atoms with E-state index in [2.05, 4.69) is 37.3 Å². The molecule has 0 aliphatic carbocycles. The van der Waals surface area contributed by atoms with E-state index in [1.54, 1.807) is 29.8 Å². The first kappa shape index (κ1) is 14.9. The molecule has 2 rings (SSSR count). The standard InChI is InChI=1S/C12H16BrN3OS2/c1-17-3-2-16(6-10-4-9(13)8-18-10)7-11-5-15-12(14)19-11/h4-5,8H,2-3,6-7H2,1H3,(H2,14,15). The average Bonchev–Trinajstić information content (AvgIpc) is 2.95. The number of nitrogens with zero attached hydrogens (tertiary/aromatic N) is 2. The molecule has 0 unspecified atom stereocenters. The van der Waals surface area contributed by atoms with Gasteiger partial charge in [-0.1, -0.05) is 0 Å². The molecule has 0 saturated heterocycles. The van der Waals surface area contributed by atoms with Gasteiger partial charge in [-0.05, 0) is 22.0 Å². The molecular weight excluding hydrogens is 346 g/mol. The fraction of sp³-hybridized carbons (Fsp3) is 0.417. The number of thiazole rings is 1. The number of hydrogen-bond donors (Lipinski definition) is 1. The fourth-order valence-electron chi connectivity index (χ4n) is 1.71. The third kappa shape index (κ3) is 4.85. The molecule has 2 heterocycles. The van der Waals surface area contributed by atoms with E-state index in [0.717, 1.165) is 30.7 Å². The minimum absolute atomic E-state index is 0.626. The van der Waals surface area contributed by atoms with Crippen LogP contribution in [0.25, 0.3) is 0 Å². The van der Waals surface area contributed by atoms with Crippen LogP contribution in [0.3, 0.4) is 0 Å². The van der Waals surface area contributed by atoms with Crippen molar-refractivity contribution in [3.63, 3.8) is 0 Å². The first-order valence-corrected chi connectivity index (χ1v) is 8.30. The van der Waals surface area contributed by atoms with Crippen LogP contribution in [0.5, 0.6) is 0 Å². The molecule has 0 bridgehead atoms. The smallest absolute Gasteiger partial charge is 0.180 e. The molecule has 0 atom stereocenters. The summed E-state index contributed by atoms with van der Waals surface area (Å²) in [5.74, 6) is 0. The monoisotopic (exact) mass is 361 g/mol. The molecule has 0 aliphatic rings. The van der Waals surface area contributed by atoms with Crippen molar-refractivity contribution >= 4 is 43.7 Å². The lowest BCUT2D eigenvalue weighted by molar-refractivity contribution is 0.141. The maximum absolute atomic E-state index is 5.67. The van der Waals surface area contributed by atoms with E-state index in [-0.39, 0.29) is 0 Å². The Kier molecular flexibility index (Phi) is 5.77. The molecule has 0 radical (unpaired) electrons. The zero-order valence-electron chi connectivity index (χ0n) is 10.6. The van der Waals surface area contributed by atoms with Gasteiger partial charge in [-0.25, -0.2) is 4.98 Å². The summed E-state index contributed by atoms with van der Waals surface area (Å²) in [5.41, 5.74) is 5.67. The molecule has 0 aliphatic heterocycles. The molecule has 0 spiro atoms. The van der Waals surface area contributed by atoms with Gasteiger partial charge in [0.15, 0.2) is 5.13 Å². The van der Waals surface area contributed by atoms with Crippen molar-refractivity contribution in [2.75, 3.05) is 26.0 Å². The second kappa shape index (κ2) is 7.35. The molecule has 0 aromatic carbocycles. The molecular formula is C12H16BrN3OS2. The van der Waals surface area contributed by atoms with E-state index in [1.807, 2.05) is 6.20 Å². The molecule has 104 valence electrons. The Bertz CT molecular complexity index is 472. The third-order valence-corrected chi connectivity index (χ3v) is 5.06. The van der Waals surface area contributed by atoms with Gasteiger partial charge in [-0.15, -0.1) is 22.7 Å². The van der Waals surface area contributed by atoms with Crippen molar-refractivity contribution in [3.8, 4) is 0 Å². The predicted octanol–water partition coefficient (Wildman–Crippen LogP) is 3.20. The zero-order valence-corrected chi connectivity index (χ0v) is 13.9. The minimum atomic E-state index is 0.626. The number of methoxy groups -OCH3 is 1. The maximum Gasteiger partial charge on any atom is 0.180 e. The average molecular weight is 362 g/mol. The Morgan fingerprint density at radius 3 is 2.79 bits per heavy atom. The summed E-state index contributed by atoms with van der Waals surface area (Å²) in [4.78, 5) is 8.95. The van der Waals surface area contributed by atoms with Gasteiger partial charge in [0, 0.05) is 52.5 Å². The van der Waals surface area contributed by atoms with E-state index < -0.39 is 0 Å². The minimum Gasteiger partial charge on any atom is -0.383 e. The number of nitrogen functional groups attached to an aromatic ring is 1. The van der Waals surface area contributed by atoms with E-state index in [0.29, 0.717) is 5.13 Å². The third-order valence-electron chi connectivity index (χ3n) is 2.56. The molecule has 2 N–H and O–H groups in total. The summed E-state index contributed by atoms with van der Waals surface area (Å²) >= 11 is 6.79. The number of anilines is 1. The van der Waals surface area contributed by atoms with Crippen molar-refractivity contribution in [1.29, 1.82) is 0 Å². The van der Waals surface area contributed by atoms with E-state index in [9.17, 15) is 0 Å². The highest BCUT2D eigenvalue weighted by Gasteiger charge is 2.10. The fourth-order valence-corrected chi connectivity index (χ4v) is 3.93. The number of rotatable bonds is 7. The van der Waals surface area contributed by atoms with E-state index in [4.69, 9.17) is 10.5 Å². The summed E-state index contributed by atoms with van der Waals surface area (Å²) in [6, 6.07) is 2.16. The van der Waals surface area contributed by atoms with Crippen LogP contribution in [0.2, 0.25) is 0 Å². The van der Waals surface area contributed by atoms with Gasteiger partial charge >= 0.3 is 0 Å². The second-order valence-corrected chi connectivity index (χ2v) is 7.16. The Hall–Kier alpha value is -0.470. The van der Waals surface area contributed by atoms with Crippen LogP contribution in [0.15, 0.2) is 22.1 Å². The molecule has 2 aromatic rings. The first-order chi connectivity index (χ1) is 9.17. The Morgan fingerprint density at radius 2 is 2.21 bits per heavy atom. The van der Waals surface area contributed by atoms with Crippen LogP contribution < -0.4 is 5.73 Å². The van der Waals surface area contributed by atoms with Gasteiger partial charge in [0.25, 0.3) is 0 Å². The van der Waals surface area contributed by atoms with Crippen LogP contribution in [-0.4, -0.2) is 30.1 Å². The molecule has 19 heavy (non-hydrogen) atoms. The van der Waals surface area contributed by atoms with Gasteiger partial charge in [0.05, 0.1) is 6.61 Å². The number of ether oxygens (including phenoxy) is 1. The predicted molar refractivity (Wildman–Crippen MR) is 84.5 cm³/mol. The number of halogens is 1. The summed E-state index contributed by atoms with van der Waals surface area (Å²) in [6.07, 6.45) is 1.85. The van der Waals surface area contributed by atoms with E-state index >= 15 is 0 Å². The van der Waals surface area contributed by atoms with Gasteiger partial charge in [-0.3, -0.25) is 4.90 Å². The van der Waals surface area contributed by atoms with Crippen LogP contribution in [0.1, 0.15) is 9.75 Å². The van der Waals surface area contributed by atoms with Crippen molar-refractivity contribution in [1.82, 2.24) is 9.88 Å². The normalized spacial score (nSPS) is 11.3. The van der Waals surface area contributed by atoms with Crippen LogP contribution in [0.4, 0.5) is 5.13 Å². The quantitative estimate of drug-likeness (QED) is 0.822. The SMILES string of the molecule is COCCN(Cc1cc(Br)cs1)Cc1cnc(N)s1. The van der Waals surface area contributed by atoms with Crippen molar-refractivity contribution in [2.45, 2.75) is 13.1 Å². The number of hydrogen-bond acceptors (Lipinski definition) is 6. The Morgan fingerprint density at radius 1 is 1.42 bits per heavy atom. The molecule has 2 aromatic heterocycles. The lowest BCUT2D eigenvalue weighted by Crippen LogP contribution is -2.25. The van der Waals surface area contributed by atoms with Crippen LogP contribution >= 0.6 is 38.6 Å². The number of aromatic nitrogens is 1. The lowest BCUT2D eigenvalue weighted by Gasteiger charge is -2.20. The highest BCUT2D eigenvalue weighted by atomic mass is 79.9. The van der Waals surface area contributed by atoms with Gasteiger partial charge in [0.1, 0.15) is 0 Å². The highest BCUT2D eigenvalue weighted by Crippen LogP contribution is 2.23. The number of thiophene rings is 1. The Labute approximate surface area is 129 Å². The van der Waals surface area contributed by atoms with Gasteiger partial charge in [0.2, 0.25) is 0 Å². The van der Waals surface area contributed by atoms with Crippen LogP contribution in [-0.2, 0) is 17.8 Å². The van der Waals surface area contributed by atoms with Gasteiger partial charge in [-0.2, -0.15) is 0 Å². The first-order valence-electron chi connectivity index (χ1n) is 5.81. The summed E-state index contributed by atoms with van der Waals surface area (Å²) < 4.78 is 6.31. The maximum atomic E-state index is 5.67. The largest absolute Gasteiger partial charge is 0.383 e. The number of nitrogens with two attached hydrogens (primary N) is 1. The van der Waals surface area contributed by atoms with Crippen molar-refractivity contribution < 1.29 is 4.74 Å². The molecule has 0 fully saturated rings. The summed E-state index contributed by atoms with van der Waals surface area (Å²) in [7, 11) is 1.73. The summed E-state index contributed by atoms with van der Waals surface area (Å²) in [6.45, 7) is 3.38. The van der Waals surface area contributed by atoms with Gasteiger partial charge < -0.3 is 10.5 Å². The topological polar surface area (TPSA) is 51.4 Å². The second-order valence-electron chi connectivity index (χ2n) is 4.10. The van der Waals surface area contributed by atoms with E-state index in [1.165, 1.54) is 9.75 Å². The molecule has 7 heteroatoms. The molecule has 4 nitrogen and oxygen atoms in total. The molecule has 0 saturated carbocycles. The van der Waals surface area contributed by atoms with Crippen LogP contribution in [0, 0.1) is 0 Å². The zero-order chi connectivity index (χ0) is 13.7. The molecule has 0 amide bonds. The summed E-state index contributed by atoms with van der Waals surface area (Å²) in [5, 5.41) is 2.73. The van der Waals surface area contributed by atoms with Crippen molar-refractivity contribution in [2.24, 2.45) is 0 Å². The van der Waals surface area contributed by atoms with Crippen molar-refractivity contribution in [3.05, 3.63) is 31.9 Å². The lowest BCUT2D eigenvalue weighted by atomic mass is 10.3.